The van der Waals surface area contributed by atoms with E-state index in [1.165, 1.54) is 12.1 Å². The number of ether oxygens (including phenoxy) is 1. The molecule has 1 fully saturated rings. The van der Waals surface area contributed by atoms with Gasteiger partial charge in [-0.1, -0.05) is 6.92 Å². The third kappa shape index (κ3) is 5.50. The third-order valence-electron chi connectivity index (χ3n) is 5.19. The minimum atomic E-state index is -0.284. The first-order valence-electron chi connectivity index (χ1n) is 10.2. The van der Waals surface area contributed by atoms with E-state index >= 15 is 0 Å². The Morgan fingerprint density at radius 1 is 1.16 bits per heavy atom. The summed E-state index contributed by atoms with van der Waals surface area (Å²) in [6.45, 7) is 5.60. The molecule has 1 amide bonds. The normalized spacial score (nSPS) is 13.5. The molecule has 0 atom stereocenters. The van der Waals surface area contributed by atoms with Crippen LogP contribution < -0.4 is 19.9 Å². The summed E-state index contributed by atoms with van der Waals surface area (Å²) < 4.78 is 19.2. The van der Waals surface area contributed by atoms with E-state index < -0.39 is 0 Å². The van der Waals surface area contributed by atoms with Crippen molar-refractivity contribution in [3.05, 3.63) is 41.8 Å². The number of hydrogen-bond acceptors (Lipinski definition) is 6. The molecule has 1 aliphatic rings. The van der Waals surface area contributed by atoms with Gasteiger partial charge in [-0.25, -0.2) is 9.37 Å². The quantitative estimate of drug-likeness (QED) is 0.695. The Balaban J connectivity index is 0.00000341. The lowest BCUT2D eigenvalue weighted by molar-refractivity contribution is 0.0828. The van der Waals surface area contributed by atoms with Crippen LogP contribution in [-0.2, 0) is 0 Å². The van der Waals surface area contributed by atoms with Crippen molar-refractivity contribution in [3.63, 3.8) is 0 Å². The van der Waals surface area contributed by atoms with Gasteiger partial charge in [-0.05, 0) is 24.6 Å². The molecule has 7 nitrogen and oxygen atoms in total. The Hall–Kier alpha value is -2.74. The third-order valence-corrected chi connectivity index (χ3v) is 5.19. The Morgan fingerprint density at radius 3 is 2.39 bits per heavy atom. The first-order chi connectivity index (χ1) is 14.5. The number of aromatic nitrogens is 1. The van der Waals surface area contributed by atoms with E-state index in [4.69, 9.17) is 4.74 Å². The summed E-state index contributed by atoms with van der Waals surface area (Å²) in [5, 5.41) is 3.28. The van der Waals surface area contributed by atoms with Gasteiger partial charge < -0.3 is 24.8 Å². The van der Waals surface area contributed by atoms with Crippen molar-refractivity contribution in [1.29, 1.82) is 0 Å². The lowest BCUT2D eigenvalue weighted by atomic mass is 10.1. The number of rotatable bonds is 7. The number of nitrogens with zero attached hydrogens (tertiary/aromatic N) is 4. The second-order valence-corrected chi connectivity index (χ2v) is 7.47. The van der Waals surface area contributed by atoms with Crippen molar-refractivity contribution >= 4 is 35.5 Å². The molecule has 1 aromatic carbocycles. The highest BCUT2D eigenvalue weighted by molar-refractivity contribution is 6.04. The molecule has 0 aliphatic carbocycles. The van der Waals surface area contributed by atoms with E-state index in [-0.39, 0.29) is 24.1 Å². The lowest BCUT2D eigenvalue weighted by Crippen LogP contribution is -2.47. The number of carbonyl (C=O) groups is 1. The van der Waals surface area contributed by atoms with Crippen LogP contribution in [0.2, 0.25) is 0 Å². The highest BCUT2D eigenvalue weighted by Gasteiger charge is 2.26. The Morgan fingerprint density at radius 2 is 1.81 bits per heavy atom. The molecule has 0 bridgehead atoms. The van der Waals surface area contributed by atoms with Gasteiger partial charge in [0.1, 0.15) is 22.9 Å². The highest BCUT2D eigenvalue weighted by Crippen LogP contribution is 2.32. The van der Waals surface area contributed by atoms with Gasteiger partial charge in [0.05, 0.1) is 18.5 Å². The lowest BCUT2D eigenvalue weighted by Gasteiger charge is -2.38. The van der Waals surface area contributed by atoms with Crippen molar-refractivity contribution in [2.24, 2.45) is 0 Å². The van der Waals surface area contributed by atoms with E-state index in [2.05, 4.69) is 27.0 Å². The molecule has 170 valence electrons. The SMILES string of the molecule is CCCNc1nccc(N2CCN(c3cc(F)ccc3OC)CC2)c1C(=O)N(C)C.Cl. The summed E-state index contributed by atoms with van der Waals surface area (Å²) in [5.74, 6) is 0.907. The second kappa shape index (κ2) is 11.0. The van der Waals surface area contributed by atoms with Crippen molar-refractivity contribution in [1.82, 2.24) is 9.88 Å². The van der Waals surface area contributed by atoms with Gasteiger partial charge in [-0.2, -0.15) is 0 Å². The molecule has 0 saturated carbocycles. The van der Waals surface area contributed by atoms with Crippen molar-refractivity contribution in [3.8, 4) is 5.75 Å². The first-order valence-corrected chi connectivity index (χ1v) is 10.2. The van der Waals surface area contributed by atoms with E-state index in [1.54, 1.807) is 38.4 Å². The monoisotopic (exact) mass is 451 g/mol. The summed E-state index contributed by atoms with van der Waals surface area (Å²) in [7, 11) is 5.09. The van der Waals surface area contributed by atoms with Crippen LogP contribution in [0.4, 0.5) is 21.6 Å². The maximum absolute atomic E-state index is 13.8. The average Bonchev–Trinajstić information content (AvgIpc) is 2.77. The predicted octanol–water partition coefficient (Wildman–Crippen LogP) is 3.50. The number of halogens is 2. The number of benzene rings is 1. The van der Waals surface area contributed by atoms with Gasteiger partial charge in [0, 0.05) is 59.1 Å². The van der Waals surface area contributed by atoms with E-state index in [0.717, 1.165) is 24.3 Å². The van der Waals surface area contributed by atoms with Crippen molar-refractivity contribution < 1.29 is 13.9 Å². The maximum Gasteiger partial charge on any atom is 0.259 e. The molecule has 1 aliphatic heterocycles. The molecule has 9 heteroatoms. The van der Waals surface area contributed by atoms with Gasteiger partial charge in [0.15, 0.2) is 0 Å². The fourth-order valence-corrected chi connectivity index (χ4v) is 3.63. The number of carbonyl (C=O) groups excluding carboxylic acids is 1. The van der Waals surface area contributed by atoms with Crippen LogP contribution >= 0.6 is 12.4 Å². The van der Waals surface area contributed by atoms with Crippen molar-refractivity contribution in [2.45, 2.75) is 13.3 Å². The van der Waals surface area contributed by atoms with E-state index in [9.17, 15) is 9.18 Å². The molecule has 1 N–H and O–H groups in total. The number of pyridine rings is 1. The van der Waals surface area contributed by atoms with E-state index in [0.29, 0.717) is 43.3 Å². The van der Waals surface area contributed by atoms with Crippen LogP contribution in [0.3, 0.4) is 0 Å². The Bertz CT molecular complexity index is 888. The molecule has 31 heavy (non-hydrogen) atoms. The smallest absolute Gasteiger partial charge is 0.259 e. The topological polar surface area (TPSA) is 60.9 Å². The predicted molar refractivity (Wildman–Crippen MR) is 126 cm³/mol. The summed E-state index contributed by atoms with van der Waals surface area (Å²) in [5.41, 5.74) is 2.21. The zero-order valence-electron chi connectivity index (χ0n) is 18.5. The van der Waals surface area contributed by atoms with Gasteiger partial charge in [0.2, 0.25) is 0 Å². The summed E-state index contributed by atoms with van der Waals surface area (Å²) in [4.78, 5) is 23.2. The molecule has 1 saturated heterocycles. The number of methoxy groups -OCH3 is 1. The summed E-state index contributed by atoms with van der Waals surface area (Å²) in [6, 6.07) is 6.46. The number of piperazine rings is 1. The fraction of sp³-hybridized carbons (Fsp3) is 0.455. The molecule has 2 heterocycles. The minimum Gasteiger partial charge on any atom is -0.495 e. The molecular weight excluding hydrogens is 421 g/mol. The molecule has 0 unspecified atom stereocenters. The number of hydrogen-bond donors (Lipinski definition) is 1. The molecule has 0 radical (unpaired) electrons. The van der Waals surface area contributed by atoms with Gasteiger partial charge in [0.25, 0.3) is 5.91 Å². The van der Waals surface area contributed by atoms with E-state index in [1.807, 2.05) is 6.07 Å². The fourth-order valence-electron chi connectivity index (χ4n) is 3.63. The second-order valence-electron chi connectivity index (χ2n) is 7.47. The van der Waals surface area contributed by atoms with Gasteiger partial charge >= 0.3 is 0 Å². The number of amides is 1. The number of anilines is 3. The molecule has 0 spiro atoms. The minimum absolute atomic E-state index is 0. The first kappa shape index (κ1) is 24.5. The largest absolute Gasteiger partial charge is 0.495 e. The Labute approximate surface area is 189 Å². The zero-order valence-corrected chi connectivity index (χ0v) is 19.3. The van der Waals surface area contributed by atoms with Crippen LogP contribution in [0.1, 0.15) is 23.7 Å². The van der Waals surface area contributed by atoms with Crippen LogP contribution in [0.15, 0.2) is 30.5 Å². The highest BCUT2D eigenvalue weighted by atomic mass is 35.5. The number of nitrogens with one attached hydrogen (secondary N) is 1. The molecule has 2 aromatic rings. The standard InChI is InChI=1S/C22H30FN5O2.ClH/c1-5-9-24-21-20(22(29)26(2)3)17(8-10-25-21)27-11-13-28(14-12-27)18-15-16(23)6-7-19(18)30-4;/h6-8,10,15H,5,9,11-14H2,1-4H3,(H,24,25);1H. The average molecular weight is 452 g/mol. The van der Waals surface area contributed by atoms with Crippen LogP contribution in [0.25, 0.3) is 0 Å². The van der Waals surface area contributed by atoms with Crippen molar-refractivity contribution in [2.75, 3.05) is 69.0 Å². The summed E-state index contributed by atoms with van der Waals surface area (Å²) in [6.07, 6.45) is 2.68. The van der Waals surface area contributed by atoms with Crippen LogP contribution in [0, 0.1) is 5.82 Å². The van der Waals surface area contributed by atoms with Crippen LogP contribution in [0.5, 0.6) is 5.75 Å². The van der Waals surface area contributed by atoms with Gasteiger partial charge in [-0.15, -0.1) is 12.4 Å². The summed E-state index contributed by atoms with van der Waals surface area (Å²) >= 11 is 0. The molecule has 1 aromatic heterocycles. The Kier molecular flexibility index (Phi) is 8.74. The zero-order chi connectivity index (χ0) is 21.7. The maximum atomic E-state index is 13.8. The molecular formula is C22H31ClFN5O2. The van der Waals surface area contributed by atoms with Gasteiger partial charge in [-0.3, -0.25) is 4.79 Å². The molecule has 3 rings (SSSR count). The van der Waals surface area contributed by atoms with Crippen LogP contribution in [-0.4, -0.2) is 69.7 Å².